The number of hydrogen-bond donors (Lipinski definition) is 4. The van der Waals surface area contributed by atoms with E-state index in [1.807, 2.05) is 25.6 Å². The Bertz CT molecular complexity index is 2070. The van der Waals surface area contributed by atoms with Gasteiger partial charge in [0.25, 0.3) is 5.91 Å². The molecular weight excluding hydrogens is 845 g/mol. The lowest BCUT2D eigenvalue weighted by Gasteiger charge is -2.17. The number of carbonyl (C=O) groups is 4. The van der Waals surface area contributed by atoms with Crippen LogP contribution in [0, 0.1) is 19.8 Å². The van der Waals surface area contributed by atoms with Crippen molar-refractivity contribution in [1.29, 1.82) is 0 Å². The van der Waals surface area contributed by atoms with Crippen LogP contribution in [0.15, 0.2) is 82.6 Å². The molecule has 4 N–H and O–H groups in total. The lowest BCUT2D eigenvalue weighted by molar-refractivity contribution is -0.121. The molecule has 0 unspecified atom stereocenters. The number of Topliss-reactive ketones (excluding diaryl/α,β-unsaturated/α-hetero) is 1. The van der Waals surface area contributed by atoms with E-state index in [-0.39, 0.29) is 58.1 Å². The maximum atomic E-state index is 13.8. The molecule has 332 valence electrons. The molecule has 18 heteroatoms. The first-order valence-corrected chi connectivity index (χ1v) is 24.8. The fourth-order valence-corrected chi connectivity index (χ4v) is 11.7. The molecule has 3 aromatic rings. The number of unbranched alkanes of at least 4 members (excludes halogenated alkanes) is 1. The Morgan fingerprint density at radius 3 is 1.75 bits per heavy atom. The van der Waals surface area contributed by atoms with Gasteiger partial charge in [-0.25, -0.2) is 21.6 Å². The van der Waals surface area contributed by atoms with Crippen molar-refractivity contribution in [2.24, 2.45) is 5.92 Å². The van der Waals surface area contributed by atoms with Gasteiger partial charge in [-0.05, 0) is 63.1 Å². The molecule has 0 radical (unpaired) electrons. The Morgan fingerprint density at radius 2 is 1.20 bits per heavy atom. The third-order valence-corrected chi connectivity index (χ3v) is 15.5. The van der Waals surface area contributed by atoms with Crippen LogP contribution in [0.1, 0.15) is 57.5 Å². The molecule has 0 aliphatic carbocycles. The normalized spacial score (nSPS) is 17.4. The fourth-order valence-electron chi connectivity index (χ4n) is 6.94. The number of urea groups is 1. The third-order valence-electron chi connectivity index (χ3n) is 10.3. The predicted molar refractivity (Wildman–Crippen MR) is 232 cm³/mol. The van der Waals surface area contributed by atoms with Gasteiger partial charge in [-0.15, -0.1) is 0 Å². The van der Waals surface area contributed by atoms with Gasteiger partial charge >= 0.3 is 6.03 Å². The number of nitrogens with one attached hydrogen (secondary N) is 4. The number of fused-ring (bicyclic) bond motifs is 1. The quantitative estimate of drug-likeness (QED) is 0.0517. The van der Waals surface area contributed by atoms with E-state index in [1.165, 1.54) is 48.5 Å². The summed E-state index contributed by atoms with van der Waals surface area (Å²) in [5, 5.41) is 11.9. The molecule has 5 rings (SSSR count). The second-order valence-corrected chi connectivity index (χ2v) is 20.5. The molecule has 4 amide bonds. The van der Waals surface area contributed by atoms with Gasteiger partial charge in [0.1, 0.15) is 0 Å². The van der Waals surface area contributed by atoms with E-state index in [0.29, 0.717) is 51.2 Å². The SMILES string of the molecule is Cc1ccc(S(=O)(=O)CC(CS(=O)(=O)c2ccc(C)cc2)C(=O)c2ccc(C(=O)NCCOCCOCCOCCNC(=O)CCCC[C@@H]3SC[C@@H]4NC(=O)N[C@@H]43)cc2)cc1. The average Bonchev–Trinajstić information content (AvgIpc) is 3.79. The lowest BCUT2D eigenvalue weighted by Crippen LogP contribution is -2.36. The van der Waals surface area contributed by atoms with Crippen molar-refractivity contribution in [3.8, 4) is 0 Å². The third kappa shape index (κ3) is 14.9. The number of benzene rings is 3. The number of ketones is 1. The van der Waals surface area contributed by atoms with Crippen LogP contribution in [0.5, 0.6) is 0 Å². The number of carbonyl (C=O) groups excluding carboxylic acids is 4. The van der Waals surface area contributed by atoms with Gasteiger partial charge < -0.3 is 35.5 Å². The first-order chi connectivity index (χ1) is 29.2. The molecular formula is C43H56N4O11S3. The van der Waals surface area contributed by atoms with Crippen LogP contribution in [0.25, 0.3) is 0 Å². The van der Waals surface area contributed by atoms with E-state index in [4.69, 9.17) is 14.2 Å². The van der Waals surface area contributed by atoms with Gasteiger partial charge in [0.2, 0.25) is 5.91 Å². The first kappa shape index (κ1) is 47.7. The van der Waals surface area contributed by atoms with Crippen molar-refractivity contribution >= 4 is 55.1 Å². The maximum absolute atomic E-state index is 13.8. The van der Waals surface area contributed by atoms with Crippen molar-refractivity contribution in [2.75, 3.05) is 70.0 Å². The van der Waals surface area contributed by atoms with Crippen molar-refractivity contribution in [2.45, 2.75) is 66.7 Å². The minimum absolute atomic E-state index is 0.00745. The molecule has 2 fully saturated rings. The molecule has 0 spiro atoms. The van der Waals surface area contributed by atoms with Crippen LogP contribution in [0.3, 0.4) is 0 Å². The van der Waals surface area contributed by atoms with E-state index in [9.17, 15) is 36.0 Å². The summed E-state index contributed by atoms with van der Waals surface area (Å²) >= 11 is 1.87. The summed E-state index contributed by atoms with van der Waals surface area (Å²) in [5.41, 5.74) is 2.03. The molecule has 2 saturated heterocycles. The van der Waals surface area contributed by atoms with Crippen molar-refractivity contribution < 1.29 is 50.2 Å². The van der Waals surface area contributed by atoms with Crippen LogP contribution in [-0.4, -0.2) is 128 Å². The average molecular weight is 901 g/mol. The molecule has 61 heavy (non-hydrogen) atoms. The van der Waals surface area contributed by atoms with Crippen LogP contribution in [-0.2, 0) is 38.7 Å². The summed E-state index contributed by atoms with van der Waals surface area (Å²) < 4.78 is 70.2. The minimum Gasteiger partial charge on any atom is -0.377 e. The second kappa shape index (κ2) is 23.2. The Balaban J connectivity index is 0.936. The standard InChI is InChI=1S/C43H56N4O11S3/c1-30-7-15-35(16-8-30)60(52,53)28-34(29-61(54,55)36-17-9-31(2)10-18-36)41(49)32-11-13-33(14-12-32)42(50)45-20-22-57-24-26-58-25-23-56-21-19-44-39(48)6-4-3-5-38-40-37(27-59-38)46-43(51)47-40/h7-18,34,37-38,40H,3-6,19-29H2,1-2H3,(H,44,48)(H,45,50)(H2,46,47,51)/t37-,38-,40-/m0/s1. The van der Waals surface area contributed by atoms with Crippen LogP contribution < -0.4 is 21.3 Å². The molecule has 2 aliphatic heterocycles. The Kier molecular flexibility index (Phi) is 18.2. The van der Waals surface area contributed by atoms with E-state index in [0.717, 1.165) is 36.1 Å². The van der Waals surface area contributed by atoms with E-state index in [1.54, 1.807) is 24.3 Å². The van der Waals surface area contributed by atoms with E-state index < -0.39 is 48.8 Å². The largest absolute Gasteiger partial charge is 0.377 e. The van der Waals surface area contributed by atoms with Crippen LogP contribution >= 0.6 is 11.8 Å². The Labute approximate surface area is 362 Å². The number of rotatable bonds is 26. The molecule has 2 aliphatic rings. The van der Waals surface area contributed by atoms with Gasteiger partial charge in [-0.2, -0.15) is 11.8 Å². The topological polar surface area (TPSA) is 212 Å². The van der Waals surface area contributed by atoms with Crippen molar-refractivity contribution in [3.63, 3.8) is 0 Å². The Hall–Kier alpha value is -4.33. The molecule has 0 aromatic heterocycles. The number of amides is 4. The summed E-state index contributed by atoms with van der Waals surface area (Å²) in [5.74, 6) is -3.00. The monoisotopic (exact) mass is 900 g/mol. The van der Waals surface area contributed by atoms with Crippen LogP contribution in [0.4, 0.5) is 4.79 Å². The highest BCUT2D eigenvalue weighted by molar-refractivity contribution is 8.00. The number of hydrogen-bond acceptors (Lipinski definition) is 12. The summed E-state index contributed by atoms with van der Waals surface area (Å²) in [6.45, 7) is 6.20. The fraction of sp³-hybridized carbons (Fsp3) is 0.488. The smallest absolute Gasteiger partial charge is 0.315 e. The zero-order valence-electron chi connectivity index (χ0n) is 34.6. The molecule has 15 nitrogen and oxygen atoms in total. The van der Waals surface area contributed by atoms with Crippen LogP contribution in [0.2, 0.25) is 0 Å². The summed E-state index contributed by atoms with van der Waals surface area (Å²) in [6, 6.07) is 18.2. The first-order valence-electron chi connectivity index (χ1n) is 20.4. The lowest BCUT2D eigenvalue weighted by atomic mass is 9.99. The van der Waals surface area contributed by atoms with Gasteiger partial charge in [0, 0.05) is 41.6 Å². The van der Waals surface area contributed by atoms with Gasteiger partial charge in [0.15, 0.2) is 25.5 Å². The number of sulfone groups is 2. The predicted octanol–water partition coefficient (Wildman–Crippen LogP) is 3.67. The number of thioether (sulfide) groups is 1. The number of ether oxygens (including phenoxy) is 3. The van der Waals surface area contributed by atoms with Gasteiger partial charge in [-0.3, -0.25) is 14.4 Å². The minimum atomic E-state index is -4.04. The molecule has 0 saturated carbocycles. The highest BCUT2D eigenvalue weighted by atomic mass is 32.2. The highest BCUT2D eigenvalue weighted by Crippen LogP contribution is 2.33. The number of aryl methyl sites for hydroxylation is 2. The van der Waals surface area contributed by atoms with Crippen molar-refractivity contribution in [3.05, 3.63) is 95.1 Å². The maximum Gasteiger partial charge on any atom is 0.315 e. The molecule has 3 atom stereocenters. The highest BCUT2D eigenvalue weighted by Gasteiger charge is 2.42. The molecule has 3 aromatic carbocycles. The zero-order valence-corrected chi connectivity index (χ0v) is 37.0. The van der Waals surface area contributed by atoms with Crippen molar-refractivity contribution in [1.82, 2.24) is 21.3 Å². The summed E-state index contributed by atoms with van der Waals surface area (Å²) in [4.78, 5) is 50.2. The second-order valence-electron chi connectivity index (χ2n) is 15.1. The summed E-state index contributed by atoms with van der Waals surface area (Å²) in [6.07, 6.45) is 3.16. The van der Waals surface area contributed by atoms with Gasteiger partial charge in [-0.1, -0.05) is 53.9 Å². The molecule has 2 heterocycles. The summed E-state index contributed by atoms with van der Waals surface area (Å²) in [7, 11) is -8.08. The van der Waals surface area contributed by atoms with Gasteiger partial charge in [0.05, 0.1) is 78.9 Å². The van der Waals surface area contributed by atoms with E-state index >= 15 is 0 Å². The zero-order chi connectivity index (χ0) is 43.8. The van der Waals surface area contributed by atoms with E-state index in [2.05, 4.69) is 21.3 Å². The molecule has 0 bridgehead atoms. The Morgan fingerprint density at radius 1 is 0.689 bits per heavy atom.